The Morgan fingerprint density at radius 1 is 0.921 bits per heavy atom. The van der Waals surface area contributed by atoms with E-state index in [1.165, 1.54) is 22.1 Å². The second-order valence-corrected chi connectivity index (χ2v) is 10.5. The first-order valence-corrected chi connectivity index (χ1v) is 13.4. The highest BCUT2D eigenvalue weighted by molar-refractivity contribution is 7.89. The van der Waals surface area contributed by atoms with Crippen LogP contribution < -0.4 is 5.32 Å². The maximum absolute atomic E-state index is 13.6. The van der Waals surface area contributed by atoms with E-state index in [1.54, 1.807) is 30.3 Å². The number of carboxylic acids is 1. The average molecular weight is 529 g/mol. The minimum absolute atomic E-state index is 0.0210. The summed E-state index contributed by atoms with van der Waals surface area (Å²) < 4.78 is 28.4. The van der Waals surface area contributed by atoms with Gasteiger partial charge in [-0.15, -0.1) is 6.58 Å². The Labute approximate surface area is 222 Å². The zero-order chi connectivity index (χ0) is 27.0. The lowest BCUT2D eigenvalue weighted by Crippen LogP contribution is -2.31. The maximum Gasteiger partial charge on any atom is 0.322 e. The number of allylic oxidation sites excluding steroid dienone is 1. The van der Waals surface area contributed by atoms with Crippen molar-refractivity contribution in [3.05, 3.63) is 121 Å². The largest absolute Gasteiger partial charge is 0.480 e. The number of aromatic nitrogens is 2. The molecule has 0 amide bonds. The van der Waals surface area contributed by atoms with Gasteiger partial charge in [0, 0.05) is 12.7 Å². The summed E-state index contributed by atoms with van der Waals surface area (Å²) in [5, 5.41) is 11.6. The van der Waals surface area contributed by atoms with E-state index in [9.17, 15) is 13.2 Å². The standard InChI is InChI=1S/C29H28N4O4S/c1-2-7-22-8-5-9-25(18-22)24-15-13-23(14-16-24)20-33(38(36,37)28-12-3-4-17-30-28)21-26-10-6-11-27(32-26)31-19-29(34)35/h2-6,8-18H,1,7,19-21H2,(H,31,32)(H,34,35). The number of aliphatic carboxylic acids is 1. The molecule has 0 saturated carbocycles. The lowest BCUT2D eigenvalue weighted by molar-refractivity contribution is -0.134. The smallest absolute Gasteiger partial charge is 0.322 e. The van der Waals surface area contributed by atoms with Crippen molar-refractivity contribution in [1.29, 1.82) is 0 Å². The fourth-order valence-corrected chi connectivity index (χ4v) is 5.25. The van der Waals surface area contributed by atoms with E-state index >= 15 is 0 Å². The van der Waals surface area contributed by atoms with Crippen molar-refractivity contribution in [2.24, 2.45) is 0 Å². The topological polar surface area (TPSA) is 112 Å². The summed E-state index contributed by atoms with van der Waals surface area (Å²) in [6.07, 6.45) is 4.09. The summed E-state index contributed by atoms with van der Waals surface area (Å²) in [5.74, 6) is -0.671. The van der Waals surface area contributed by atoms with Gasteiger partial charge in [-0.3, -0.25) is 4.79 Å². The van der Waals surface area contributed by atoms with E-state index in [-0.39, 0.29) is 24.7 Å². The van der Waals surface area contributed by atoms with Gasteiger partial charge < -0.3 is 10.4 Å². The first kappa shape index (κ1) is 26.7. The highest BCUT2D eigenvalue weighted by Gasteiger charge is 2.26. The number of hydrogen-bond acceptors (Lipinski definition) is 6. The molecule has 0 atom stereocenters. The fraction of sp³-hybridized carbons (Fsp3) is 0.138. The van der Waals surface area contributed by atoms with E-state index in [0.717, 1.165) is 23.1 Å². The molecule has 8 nitrogen and oxygen atoms in total. The van der Waals surface area contributed by atoms with E-state index < -0.39 is 16.0 Å². The Morgan fingerprint density at radius 2 is 1.71 bits per heavy atom. The van der Waals surface area contributed by atoms with E-state index in [4.69, 9.17) is 5.11 Å². The van der Waals surface area contributed by atoms with Crippen LogP contribution in [-0.4, -0.2) is 40.3 Å². The van der Waals surface area contributed by atoms with Crippen molar-refractivity contribution in [3.63, 3.8) is 0 Å². The van der Waals surface area contributed by atoms with Gasteiger partial charge in [0.05, 0.1) is 12.2 Å². The van der Waals surface area contributed by atoms with Crippen LogP contribution in [0.1, 0.15) is 16.8 Å². The molecule has 2 N–H and O–H groups in total. The van der Waals surface area contributed by atoms with E-state index in [0.29, 0.717) is 11.5 Å². The monoisotopic (exact) mass is 528 g/mol. The molecule has 0 saturated heterocycles. The van der Waals surface area contributed by atoms with Crippen molar-refractivity contribution in [3.8, 4) is 11.1 Å². The number of anilines is 1. The van der Waals surface area contributed by atoms with E-state index in [2.05, 4.69) is 34.0 Å². The summed E-state index contributed by atoms with van der Waals surface area (Å²) in [5.41, 5.74) is 4.54. The molecule has 0 radical (unpaired) electrons. The molecular formula is C29H28N4O4S. The van der Waals surface area contributed by atoms with Gasteiger partial charge in [0.2, 0.25) is 0 Å². The zero-order valence-corrected chi connectivity index (χ0v) is 21.5. The van der Waals surface area contributed by atoms with Crippen LogP contribution in [0.5, 0.6) is 0 Å². The number of nitrogens with one attached hydrogen (secondary N) is 1. The number of sulfonamides is 1. The SMILES string of the molecule is C=CCc1cccc(-c2ccc(CN(Cc3cccc(NCC(=O)O)n3)S(=O)(=O)c3ccccn3)cc2)c1. The molecule has 0 aliphatic rings. The van der Waals surface area contributed by atoms with Gasteiger partial charge in [-0.2, -0.15) is 4.31 Å². The third-order valence-corrected chi connectivity index (χ3v) is 7.47. The van der Waals surface area contributed by atoms with Crippen molar-refractivity contribution in [2.75, 3.05) is 11.9 Å². The second-order valence-electron chi connectivity index (χ2n) is 8.59. The fourth-order valence-electron chi connectivity index (χ4n) is 3.92. The highest BCUT2D eigenvalue weighted by atomic mass is 32.2. The van der Waals surface area contributed by atoms with Crippen LogP contribution in [0.25, 0.3) is 11.1 Å². The molecule has 0 aliphatic heterocycles. The number of pyridine rings is 2. The normalized spacial score (nSPS) is 11.3. The Hall–Kier alpha value is -4.34. The minimum Gasteiger partial charge on any atom is -0.480 e. The van der Waals surface area contributed by atoms with Crippen LogP contribution in [0.2, 0.25) is 0 Å². The van der Waals surface area contributed by atoms with Gasteiger partial charge in [0.15, 0.2) is 5.03 Å². The lowest BCUT2D eigenvalue weighted by Gasteiger charge is -2.22. The Balaban J connectivity index is 1.60. The number of hydrogen-bond donors (Lipinski definition) is 2. The molecule has 4 rings (SSSR count). The van der Waals surface area contributed by atoms with E-state index in [1.807, 2.05) is 42.5 Å². The average Bonchev–Trinajstić information content (AvgIpc) is 2.93. The predicted octanol–water partition coefficient (Wildman–Crippen LogP) is 4.76. The molecule has 0 unspecified atom stereocenters. The first-order chi connectivity index (χ1) is 18.3. The Morgan fingerprint density at radius 3 is 2.42 bits per heavy atom. The van der Waals surface area contributed by atoms with Gasteiger partial charge >= 0.3 is 5.97 Å². The summed E-state index contributed by atoms with van der Waals surface area (Å²) in [7, 11) is -3.95. The molecule has 0 aliphatic carbocycles. The third-order valence-electron chi connectivity index (χ3n) is 5.76. The van der Waals surface area contributed by atoms with Gasteiger partial charge in [-0.05, 0) is 52.9 Å². The molecular weight excluding hydrogens is 500 g/mol. The van der Waals surface area contributed by atoms with Crippen LogP contribution in [0.15, 0.2) is 109 Å². The molecule has 0 spiro atoms. The molecule has 0 bridgehead atoms. The van der Waals surface area contributed by atoms with Crippen LogP contribution in [-0.2, 0) is 34.3 Å². The molecule has 2 aromatic heterocycles. The molecule has 9 heteroatoms. The van der Waals surface area contributed by atoms with Gasteiger partial charge in [0.25, 0.3) is 10.0 Å². The lowest BCUT2D eigenvalue weighted by atomic mass is 10.0. The van der Waals surface area contributed by atoms with Gasteiger partial charge in [-0.1, -0.05) is 66.7 Å². The van der Waals surface area contributed by atoms with Crippen molar-refractivity contribution in [1.82, 2.24) is 14.3 Å². The molecule has 4 aromatic rings. The maximum atomic E-state index is 13.6. The summed E-state index contributed by atoms with van der Waals surface area (Å²) in [6.45, 7) is 3.58. The summed E-state index contributed by atoms with van der Waals surface area (Å²) in [6, 6.07) is 25.8. The number of benzene rings is 2. The van der Waals surface area contributed by atoms with Crippen LogP contribution in [0, 0.1) is 0 Å². The predicted molar refractivity (Wildman–Crippen MR) is 147 cm³/mol. The van der Waals surface area contributed by atoms with Crippen LogP contribution >= 0.6 is 0 Å². The van der Waals surface area contributed by atoms with Crippen molar-refractivity contribution < 1.29 is 18.3 Å². The number of carboxylic acid groups (broad SMARTS) is 1. The molecule has 38 heavy (non-hydrogen) atoms. The Bertz CT molecular complexity index is 1510. The van der Waals surface area contributed by atoms with Crippen LogP contribution in [0.4, 0.5) is 5.82 Å². The third kappa shape index (κ3) is 6.90. The number of nitrogens with zero attached hydrogens (tertiary/aromatic N) is 3. The van der Waals surface area contributed by atoms with Crippen molar-refractivity contribution >= 4 is 21.8 Å². The molecule has 2 heterocycles. The summed E-state index contributed by atoms with van der Waals surface area (Å²) >= 11 is 0. The summed E-state index contributed by atoms with van der Waals surface area (Å²) in [4.78, 5) is 19.4. The number of carbonyl (C=O) groups is 1. The van der Waals surface area contributed by atoms with Crippen molar-refractivity contribution in [2.45, 2.75) is 24.5 Å². The zero-order valence-electron chi connectivity index (χ0n) is 20.7. The van der Waals surface area contributed by atoms with Gasteiger partial charge in [-0.25, -0.2) is 18.4 Å². The number of rotatable bonds is 12. The van der Waals surface area contributed by atoms with Gasteiger partial charge in [0.1, 0.15) is 12.4 Å². The first-order valence-electron chi connectivity index (χ1n) is 12.0. The van der Waals surface area contributed by atoms with Crippen LogP contribution in [0.3, 0.4) is 0 Å². The highest BCUT2D eigenvalue weighted by Crippen LogP contribution is 2.24. The Kier molecular flexibility index (Phi) is 8.62. The molecule has 0 fully saturated rings. The molecule has 194 valence electrons. The quantitative estimate of drug-likeness (QED) is 0.255. The minimum atomic E-state index is -3.95. The second kappa shape index (κ2) is 12.3. The molecule has 2 aromatic carbocycles.